The van der Waals surface area contributed by atoms with Gasteiger partial charge in [0.05, 0.1) is 0 Å². The molecule has 1 amide bonds. The number of rotatable bonds is 3. The number of amides is 1. The van der Waals surface area contributed by atoms with Crippen molar-refractivity contribution >= 4 is 5.91 Å². The summed E-state index contributed by atoms with van der Waals surface area (Å²) in [5, 5.41) is 3.08. The normalized spacial score (nSPS) is 29.8. The van der Waals surface area contributed by atoms with Gasteiger partial charge in [0.2, 0.25) is 5.91 Å². The lowest BCUT2D eigenvalue weighted by molar-refractivity contribution is -0.125. The van der Waals surface area contributed by atoms with Crippen LogP contribution in [0.2, 0.25) is 0 Å². The molecule has 0 heterocycles. The van der Waals surface area contributed by atoms with Gasteiger partial charge in [0.1, 0.15) is 0 Å². The average molecular weight is 229 g/mol. The average Bonchev–Trinajstić information content (AvgIpc) is 2.95. The summed E-state index contributed by atoms with van der Waals surface area (Å²) in [5.74, 6) is 2.32. The molecule has 2 unspecified atom stereocenters. The molecule has 0 spiro atoms. The third kappa shape index (κ3) is 2.21. The molecule has 2 aliphatic carbocycles. The van der Waals surface area contributed by atoms with Crippen LogP contribution in [0.4, 0.5) is 0 Å². The molecule has 3 rings (SSSR count). The van der Waals surface area contributed by atoms with Crippen LogP contribution in [0, 0.1) is 24.7 Å². The predicted octanol–water partition coefficient (Wildman–Crippen LogP) is 2.66. The summed E-state index contributed by atoms with van der Waals surface area (Å²) in [5.41, 5.74) is 2.48. The third-order valence-electron chi connectivity index (χ3n) is 4.33. The minimum Gasteiger partial charge on any atom is -0.352 e. The Morgan fingerprint density at radius 2 is 1.94 bits per heavy atom. The lowest BCUT2D eigenvalue weighted by Crippen LogP contribution is -2.29. The first-order valence-electron chi connectivity index (χ1n) is 6.56. The first-order valence-corrected chi connectivity index (χ1v) is 6.56. The lowest BCUT2D eigenvalue weighted by Gasteiger charge is -2.13. The Morgan fingerprint density at radius 1 is 1.24 bits per heavy atom. The number of hydrogen-bond donors (Lipinski definition) is 1. The fourth-order valence-corrected chi connectivity index (χ4v) is 3.06. The maximum Gasteiger partial charge on any atom is 0.223 e. The van der Waals surface area contributed by atoms with Gasteiger partial charge in [0.15, 0.2) is 0 Å². The van der Waals surface area contributed by atoms with Crippen LogP contribution in [0.5, 0.6) is 0 Å². The first kappa shape index (κ1) is 10.8. The number of benzene rings is 1. The third-order valence-corrected chi connectivity index (χ3v) is 4.33. The number of carbonyl (C=O) groups excluding carboxylic acids is 1. The van der Waals surface area contributed by atoms with Crippen molar-refractivity contribution in [3.63, 3.8) is 0 Å². The molecular formula is C15H19NO. The van der Waals surface area contributed by atoms with Crippen molar-refractivity contribution in [3.05, 3.63) is 35.4 Å². The van der Waals surface area contributed by atoms with Gasteiger partial charge in [0.25, 0.3) is 0 Å². The van der Waals surface area contributed by atoms with Crippen LogP contribution in [0.15, 0.2) is 24.3 Å². The molecule has 0 aliphatic heterocycles. The number of fused-ring (bicyclic) bond motifs is 1. The van der Waals surface area contributed by atoms with Gasteiger partial charge < -0.3 is 5.32 Å². The van der Waals surface area contributed by atoms with E-state index in [0.717, 1.165) is 24.7 Å². The van der Waals surface area contributed by atoms with Crippen LogP contribution in [-0.4, -0.2) is 5.91 Å². The van der Waals surface area contributed by atoms with Crippen LogP contribution in [0.25, 0.3) is 0 Å². The first-order chi connectivity index (χ1) is 8.24. The van der Waals surface area contributed by atoms with Gasteiger partial charge in [-0.3, -0.25) is 4.79 Å². The predicted molar refractivity (Wildman–Crippen MR) is 67.3 cm³/mol. The highest BCUT2D eigenvalue weighted by atomic mass is 16.1. The molecule has 0 aromatic heterocycles. The van der Waals surface area contributed by atoms with Crippen LogP contribution in [0.1, 0.15) is 30.4 Å². The van der Waals surface area contributed by atoms with Crippen molar-refractivity contribution in [1.82, 2.24) is 5.32 Å². The van der Waals surface area contributed by atoms with Gasteiger partial charge in [-0.1, -0.05) is 24.3 Å². The van der Waals surface area contributed by atoms with E-state index in [9.17, 15) is 4.79 Å². The van der Waals surface area contributed by atoms with Crippen LogP contribution in [-0.2, 0) is 11.3 Å². The maximum absolute atomic E-state index is 12.0. The van der Waals surface area contributed by atoms with Crippen molar-refractivity contribution in [2.24, 2.45) is 17.8 Å². The summed E-state index contributed by atoms with van der Waals surface area (Å²) in [4.78, 5) is 12.0. The van der Waals surface area contributed by atoms with Crippen molar-refractivity contribution in [1.29, 1.82) is 0 Å². The number of hydrogen-bond acceptors (Lipinski definition) is 1. The van der Waals surface area contributed by atoms with E-state index < -0.39 is 0 Å². The van der Waals surface area contributed by atoms with Crippen LogP contribution >= 0.6 is 0 Å². The van der Waals surface area contributed by atoms with Crippen LogP contribution < -0.4 is 5.32 Å². The molecule has 17 heavy (non-hydrogen) atoms. The van der Waals surface area contributed by atoms with Crippen molar-refractivity contribution in [2.75, 3.05) is 0 Å². The van der Waals surface area contributed by atoms with Gasteiger partial charge in [-0.05, 0) is 49.1 Å². The number of aryl methyl sites for hydroxylation is 1. The molecule has 90 valence electrons. The van der Waals surface area contributed by atoms with Crippen molar-refractivity contribution in [2.45, 2.75) is 32.7 Å². The minimum absolute atomic E-state index is 0.264. The molecule has 1 aromatic carbocycles. The second-order valence-corrected chi connectivity index (χ2v) is 5.57. The van der Waals surface area contributed by atoms with Crippen molar-refractivity contribution in [3.8, 4) is 0 Å². The van der Waals surface area contributed by atoms with E-state index in [-0.39, 0.29) is 5.91 Å². The maximum atomic E-state index is 12.0. The van der Waals surface area contributed by atoms with E-state index in [2.05, 4.69) is 24.4 Å². The van der Waals surface area contributed by atoms with Crippen LogP contribution in [0.3, 0.4) is 0 Å². The Bertz CT molecular complexity index is 430. The van der Waals surface area contributed by atoms with Crippen molar-refractivity contribution < 1.29 is 4.79 Å². The molecule has 1 aromatic rings. The molecule has 0 bridgehead atoms. The Morgan fingerprint density at radius 3 is 2.65 bits per heavy atom. The molecule has 2 fully saturated rings. The summed E-state index contributed by atoms with van der Waals surface area (Å²) < 4.78 is 0. The van der Waals surface area contributed by atoms with E-state index in [0.29, 0.717) is 12.5 Å². The SMILES string of the molecule is Cc1ccccc1CNC(=O)C1CC2CC2C1. The number of nitrogens with one attached hydrogen (secondary N) is 1. The minimum atomic E-state index is 0.264. The smallest absolute Gasteiger partial charge is 0.223 e. The standard InChI is InChI=1S/C15H19NO/c1-10-4-2-3-5-11(10)9-16-15(17)14-7-12-6-13(12)8-14/h2-5,12-14H,6-9H2,1H3,(H,16,17). The largest absolute Gasteiger partial charge is 0.352 e. The molecule has 0 radical (unpaired) electrons. The van der Waals surface area contributed by atoms with E-state index in [4.69, 9.17) is 0 Å². The molecule has 2 heteroatoms. The highest BCUT2D eigenvalue weighted by Crippen LogP contribution is 2.54. The summed E-state index contributed by atoms with van der Waals surface area (Å²) >= 11 is 0. The summed E-state index contributed by atoms with van der Waals surface area (Å²) in [6.45, 7) is 2.77. The molecule has 0 saturated heterocycles. The summed E-state index contributed by atoms with van der Waals surface area (Å²) in [7, 11) is 0. The molecule has 2 aliphatic rings. The molecular weight excluding hydrogens is 210 g/mol. The second-order valence-electron chi connectivity index (χ2n) is 5.57. The monoisotopic (exact) mass is 229 g/mol. The van der Waals surface area contributed by atoms with E-state index in [1.54, 1.807) is 0 Å². The fourth-order valence-electron chi connectivity index (χ4n) is 3.06. The van der Waals surface area contributed by atoms with E-state index >= 15 is 0 Å². The van der Waals surface area contributed by atoms with Gasteiger partial charge in [-0.15, -0.1) is 0 Å². The van der Waals surface area contributed by atoms with Gasteiger partial charge >= 0.3 is 0 Å². The zero-order valence-electron chi connectivity index (χ0n) is 10.3. The fraction of sp³-hybridized carbons (Fsp3) is 0.533. The Balaban J connectivity index is 1.54. The Hall–Kier alpha value is -1.31. The van der Waals surface area contributed by atoms with Gasteiger partial charge in [0, 0.05) is 12.5 Å². The highest BCUT2D eigenvalue weighted by Gasteiger charge is 2.47. The quantitative estimate of drug-likeness (QED) is 0.848. The van der Waals surface area contributed by atoms with Gasteiger partial charge in [-0.25, -0.2) is 0 Å². The second kappa shape index (κ2) is 4.17. The number of carbonyl (C=O) groups is 1. The van der Waals surface area contributed by atoms with E-state index in [1.807, 2.05) is 12.1 Å². The summed E-state index contributed by atoms with van der Waals surface area (Å²) in [6, 6.07) is 8.23. The van der Waals surface area contributed by atoms with E-state index in [1.165, 1.54) is 17.5 Å². The topological polar surface area (TPSA) is 29.1 Å². The highest BCUT2D eigenvalue weighted by molar-refractivity contribution is 5.79. The van der Waals surface area contributed by atoms with Gasteiger partial charge in [-0.2, -0.15) is 0 Å². The molecule has 2 saturated carbocycles. The molecule has 2 atom stereocenters. The zero-order valence-corrected chi connectivity index (χ0v) is 10.3. The zero-order chi connectivity index (χ0) is 11.8. The molecule has 2 nitrogen and oxygen atoms in total. The Labute approximate surface area is 102 Å². The summed E-state index contributed by atoms with van der Waals surface area (Å²) in [6.07, 6.45) is 3.64. The molecule has 1 N–H and O–H groups in total. The lowest BCUT2D eigenvalue weighted by atomic mass is 10.0. The Kier molecular flexibility index (Phi) is 2.65.